The van der Waals surface area contributed by atoms with Crippen molar-refractivity contribution >= 4 is 0 Å². The fourth-order valence-corrected chi connectivity index (χ4v) is 1.79. The molecule has 13 heavy (non-hydrogen) atoms. The van der Waals surface area contributed by atoms with E-state index in [2.05, 4.69) is 27.7 Å². The topological polar surface area (TPSA) is 20.2 Å². The Morgan fingerprint density at radius 2 is 1.69 bits per heavy atom. The lowest BCUT2D eigenvalue weighted by molar-refractivity contribution is 0.0935. The second kappa shape index (κ2) is 7.37. The van der Waals surface area contributed by atoms with Gasteiger partial charge in [0.15, 0.2) is 0 Å². The molecular weight excluding hydrogens is 160 g/mol. The second-order valence-electron chi connectivity index (χ2n) is 4.67. The van der Waals surface area contributed by atoms with Crippen molar-refractivity contribution in [1.82, 2.24) is 0 Å². The molecule has 0 aromatic carbocycles. The van der Waals surface area contributed by atoms with Gasteiger partial charge in [-0.25, -0.2) is 0 Å². The van der Waals surface area contributed by atoms with E-state index < -0.39 is 0 Å². The highest BCUT2D eigenvalue weighted by atomic mass is 16.3. The molecular formula is C12H26O. The summed E-state index contributed by atoms with van der Waals surface area (Å²) in [6, 6.07) is 0. The molecule has 2 atom stereocenters. The number of unbranched alkanes of at least 4 members (excludes halogenated alkanes) is 2. The summed E-state index contributed by atoms with van der Waals surface area (Å²) in [5.41, 5.74) is 0. The molecule has 0 aliphatic heterocycles. The van der Waals surface area contributed by atoms with E-state index in [0.29, 0.717) is 11.8 Å². The molecule has 0 aliphatic carbocycles. The molecule has 0 aromatic rings. The van der Waals surface area contributed by atoms with Gasteiger partial charge < -0.3 is 5.11 Å². The van der Waals surface area contributed by atoms with Crippen LogP contribution in [0.5, 0.6) is 0 Å². The van der Waals surface area contributed by atoms with Crippen LogP contribution in [0.3, 0.4) is 0 Å². The Morgan fingerprint density at radius 1 is 1.08 bits per heavy atom. The molecule has 0 amide bonds. The van der Waals surface area contributed by atoms with Gasteiger partial charge in [0, 0.05) is 0 Å². The third-order valence-electron chi connectivity index (χ3n) is 2.60. The molecule has 1 N–H and O–H groups in total. The van der Waals surface area contributed by atoms with Crippen LogP contribution in [-0.4, -0.2) is 11.2 Å². The number of aliphatic hydroxyl groups excluding tert-OH is 1. The van der Waals surface area contributed by atoms with Crippen molar-refractivity contribution in [3.05, 3.63) is 0 Å². The Bertz CT molecular complexity index is 110. The van der Waals surface area contributed by atoms with Gasteiger partial charge in [-0.3, -0.25) is 0 Å². The van der Waals surface area contributed by atoms with Gasteiger partial charge in [0.1, 0.15) is 0 Å². The third-order valence-corrected chi connectivity index (χ3v) is 2.60. The smallest absolute Gasteiger partial charge is 0.0565 e. The van der Waals surface area contributed by atoms with Crippen molar-refractivity contribution in [2.45, 2.75) is 65.9 Å². The van der Waals surface area contributed by atoms with Gasteiger partial charge in [-0.2, -0.15) is 0 Å². The van der Waals surface area contributed by atoms with Crippen molar-refractivity contribution < 1.29 is 5.11 Å². The zero-order valence-corrected chi connectivity index (χ0v) is 9.71. The van der Waals surface area contributed by atoms with Crippen molar-refractivity contribution in [2.75, 3.05) is 0 Å². The maximum atomic E-state index is 9.79. The largest absolute Gasteiger partial charge is 0.393 e. The van der Waals surface area contributed by atoms with E-state index in [9.17, 15) is 5.11 Å². The van der Waals surface area contributed by atoms with E-state index in [1.807, 2.05) is 0 Å². The molecule has 80 valence electrons. The van der Waals surface area contributed by atoms with Crippen molar-refractivity contribution in [3.8, 4) is 0 Å². The van der Waals surface area contributed by atoms with Gasteiger partial charge in [-0.1, -0.05) is 47.0 Å². The molecule has 0 saturated heterocycles. The molecule has 0 heterocycles. The SMILES string of the molecule is CCCCCC(O)C(C)CC(C)C. The van der Waals surface area contributed by atoms with E-state index in [-0.39, 0.29) is 6.10 Å². The minimum atomic E-state index is -0.0750. The number of hydrogen-bond acceptors (Lipinski definition) is 1. The summed E-state index contributed by atoms with van der Waals surface area (Å²) in [7, 11) is 0. The van der Waals surface area contributed by atoms with Gasteiger partial charge in [0.2, 0.25) is 0 Å². The van der Waals surface area contributed by atoms with Gasteiger partial charge >= 0.3 is 0 Å². The van der Waals surface area contributed by atoms with Crippen LogP contribution in [-0.2, 0) is 0 Å². The van der Waals surface area contributed by atoms with E-state index >= 15 is 0 Å². The molecule has 0 fully saturated rings. The van der Waals surface area contributed by atoms with Crippen LogP contribution >= 0.6 is 0 Å². The molecule has 0 aliphatic rings. The molecule has 0 radical (unpaired) electrons. The average molecular weight is 186 g/mol. The summed E-state index contributed by atoms with van der Waals surface area (Å²) in [6.07, 6.45) is 5.74. The van der Waals surface area contributed by atoms with Crippen LogP contribution in [0.4, 0.5) is 0 Å². The maximum Gasteiger partial charge on any atom is 0.0565 e. The van der Waals surface area contributed by atoms with Gasteiger partial charge in [0.25, 0.3) is 0 Å². The van der Waals surface area contributed by atoms with Gasteiger partial charge in [0.05, 0.1) is 6.10 Å². The number of rotatable bonds is 7. The predicted octanol–water partition coefficient (Wildman–Crippen LogP) is 3.61. The molecule has 1 nitrogen and oxygen atoms in total. The highest BCUT2D eigenvalue weighted by Crippen LogP contribution is 2.18. The van der Waals surface area contributed by atoms with Crippen LogP contribution in [0.2, 0.25) is 0 Å². The van der Waals surface area contributed by atoms with Crippen LogP contribution in [0.1, 0.15) is 59.8 Å². The van der Waals surface area contributed by atoms with Crippen LogP contribution in [0.15, 0.2) is 0 Å². The molecule has 0 rings (SSSR count). The normalized spacial score (nSPS) is 16.2. The van der Waals surface area contributed by atoms with Gasteiger partial charge in [-0.05, 0) is 24.7 Å². The lowest BCUT2D eigenvalue weighted by Gasteiger charge is -2.20. The number of hydrogen-bond donors (Lipinski definition) is 1. The monoisotopic (exact) mass is 186 g/mol. The first-order valence-corrected chi connectivity index (χ1v) is 5.76. The fourth-order valence-electron chi connectivity index (χ4n) is 1.79. The van der Waals surface area contributed by atoms with Crippen LogP contribution in [0, 0.1) is 11.8 Å². The molecule has 0 aromatic heterocycles. The van der Waals surface area contributed by atoms with E-state index in [1.165, 1.54) is 19.3 Å². The summed E-state index contributed by atoms with van der Waals surface area (Å²) in [4.78, 5) is 0. The standard InChI is InChI=1S/C12H26O/c1-5-6-7-8-12(13)11(4)9-10(2)3/h10-13H,5-9H2,1-4H3. The second-order valence-corrected chi connectivity index (χ2v) is 4.67. The summed E-state index contributed by atoms with van der Waals surface area (Å²) in [5, 5.41) is 9.79. The first kappa shape index (κ1) is 13.0. The molecule has 0 bridgehead atoms. The first-order chi connectivity index (χ1) is 6.07. The molecule has 0 saturated carbocycles. The summed E-state index contributed by atoms with van der Waals surface area (Å²) >= 11 is 0. The van der Waals surface area contributed by atoms with Crippen molar-refractivity contribution in [3.63, 3.8) is 0 Å². The zero-order valence-electron chi connectivity index (χ0n) is 9.71. The average Bonchev–Trinajstić information content (AvgIpc) is 2.03. The summed E-state index contributed by atoms with van der Waals surface area (Å²) < 4.78 is 0. The predicted molar refractivity (Wildman–Crippen MR) is 58.8 cm³/mol. The Balaban J connectivity index is 3.50. The Kier molecular flexibility index (Phi) is 7.35. The highest BCUT2D eigenvalue weighted by molar-refractivity contribution is 4.66. The zero-order chi connectivity index (χ0) is 10.3. The van der Waals surface area contributed by atoms with Gasteiger partial charge in [-0.15, -0.1) is 0 Å². The Morgan fingerprint density at radius 3 is 2.15 bits per heavy atom. The van der Waals surface area contributed by atoms with Crippen molar-refractivity contribution in [1.29, 1.82) is 0 Å². The minimum absolute atomic E-state index is 0.0750. The Labute approximate surface area is 83.5 Å². The van der Waals surface area contributed by atoms with E-state index in [4.69, 9.17) is 0 Å². The lowest BCUT2D eigenvalue weighted by atomic mass is 9.91. The van der Waals surface area contributed by atoms with Crippen LogP contribution < -0.4 is 0 Å². The summed E-state index contributed by atoms with van der Waals surface area (Å²) in [6.45, 7) is 8.80. The van der Waals surface area contributed by atoms with E-state index in [0.717, 1.165) is 12.8 Å². The minimum Gasteiger partial charge on any atom is -0.393 e. The van der Waals surface area contributed by atoms with Crippen molar-refractivity contribution in [2.24, 2.45) is 11.8 Å². The fraction of sp³-hybridized carbons (Fsp3) is 1.00. The highest BCUT2D eigenvalue weighted by Gasteiger charge is 2.14. The molecule has 0 spiro atoms. The molecule has 2 unspecified atom stereocenters. The number of aliphatic hydroxyl groups is 1. The van der Waals surface area contributed by atoms with Crippen LogP contribution in [0.25, 0.3) is 0 Å². The maximum absolute atomic E-state index is 9.79. The first-order valence-electron chi connectivity index (χ1n) is 5.76. The third kappa shape index (κ3) is 7.06. The Hall–Kier alpha value is -0.0400. The molecule has 1 heteroatoms. The lowest BCUT2D eigenvalue weighted by Crippen LogP contribution is -2.19. The summed E-state index contributed by atoms with van der Waals surface area (Å²) in [5.74, 6) is 1.17. The van der Waals surface area contributed by atoms with E-state index in [1.54, 1.807) is 0 Å². The quantitative estimate of drug-likeness (QED) is 0.602.